The molecule has 3 nitrogen and oxygen atoms in total. The number of hydrogen-bond donors (Lipinski definition) is 1. The van der Waals surface area contributed by atoms with Gasteiger partial charge in [0.2, 0.25) is 0 Å². The Morgan fingerprint density at radius 1 is 1.14 bits per heavy atom. The van der Waals surface area contributed by atoms with Gasteiger partial charge in [-0.2, -0.15) is 0 Å². The fraction of sp³-hybridized carbons (Fsp3) is 1.00. The predicted octanol–water partition coefficient (Wildman–Crippen LogP) is 0.602. The first-order valence-corrected chi connectivity index (χ1v) is 6.01. The van der Waals surface area contributed by atoms with E-state index in [2.05, 4.69) is 10.2 Å². The van der Waals surface area contributed by atoms with Crippen LogP contribution in [0.2, 0.25) is 0 Å². The van der Waals surface area contributed by atoms with Gasteiger partial charge in [-0.15, -0.1) is 0 Å². The summed E-state index contributed by atoms with van der Waals surface area (Å²) in [6.45, 7) is 4.54. The topological polar surface area (TPSA) is 24.5 Å². The van der Waals surface area contributed by atoms with Gasteiger partial charge in [0, 0.05) is 31.3 Å². The molecule has 0 aromatic rings. The number of fused-ring (bicyclic) bond motifs is 1. The van der Waals surface area contributed by atoms with Crippen molar-refractivity contribution in [3.8, 4) is 0 Å². The maximum Gasteiger partial charge on any atom is 0.0620 e. The second kappa shape index (κ2) is 3.80. The number of hydrogen-bond acceptors (Lipinski definition) is 3. The van der Waals surface area contributed by atoms with Gasteiger partial charge in [-0.25, -0.2) is 0 Å². The highest BCUT2D eigenvalue weighted by Crippen LogP contribution is 2.28. The second-order valence-corrected chi connectivity index (χ2v) is 4.87. The average molecular weight is 196 g/mol. The summed E-state index contributed by atoms with van der Waals surface area (Å²) in [4.78, 5) is 2.66. The van der Waals surface area contributed by atoms with E-state index < -0.39 is 0 Å². The van der Waals surface area contributed by atoms with Crippen LogP contribution >= 0.6 is 0 Å². The monoisotopic (exact) mass is 196 g/mol. The van der Waals surface area contributed by atoms with E-state index in [4.69, 9.17) is 4.74 Å². The molecule has 3 aliphatic heterocycles. The van der Waals surface area contributed by atoms with Gasteiger partial charge in [0.1, 0.15) is 0 Å². The van der Waals surface area contributed by atoms with Crippen molar-refractivity contribution < 1.29 is 4.74 Å². The van der Waals surface area contributed by atoms with Crippen LogP contribution in [-0.4, -0.2) is 49.3 Å². The van der Waals surface area contributed by atoms with E-state index in [1.54, 1.807) is 0 Å². The fourth-order valence-corrected chi connectivity index (χ4v) is 3.25. The van der Waals surface area contributed by atoms with E-state index in [1.807, 2.05) is 0 Å². The Bertz CT molecular complexity index is 203. The van der Waals surface area contributed by atoms with Crippen molar-refractivity contribution >= 4 is 0 Å². The minimum Gasteiger partial charge on any atom is -0.380 e. The molecule has 3 atom stereocenters. The molecule has 3 fully saturated rings. The molecule has 0 spiro atoms. The lowest BCUT2D eigenvalue weighted by Crippen LogP contribution is -2.44. The van der Waals surface area contributed by atoms with Crippen LogP contribution < -0.4 is 5.32 Å². The first-order valence-electron chi connectivity index (χ1n) is 6.01. The van der Waals surface area contributed by atoms with Crippen LogP contribution in [0.5, 0.6) is 0 Å². The summed E-state index contributed by atoms with van der Waals surface area (Å²) in [5.74, 6) is 0. The summed E-state index contributed by atoms with van der Waals surface area (Å²) >= 11 is 0. The SMILES string of the molecule is C1CC2C(NC3CCOC3)CCN2C1. The molecule has 0 amide bonds. The molecule has 3 heterocycles. The zero-order valence-electron chi connectivity index (χ0n) is 8.74. The van der Waals surface area contributed by atoms with E-state index in [-0.39, 0.29) is 0 Å². The fourth-order valence-electron chi connectivity index (χ4n) is 3.25. The highest BCUT2D eigenvalue weighted by molar-refractivity contribution is 4.97. The molecule has 3 unspecified atom stereocenters. The van der Waals surface area contributed by atoms with Crippen LogP contribution in [0.25, 0.3) is 0 Å². The summed E-state index contributed by atoms with van der Waals surface area (Å²) in [5, 5.41) is 3.78. The van der Waals surface area contributed by atoms with Gasteiger partial charge in [0.25, 0.3) is 0 Å². The Labute approximate surface area is 85.8 Å². The van der Waals surface area contributed by atoms with Crippen LogP contribution in [0.3, 0.4) is 0 Å². The molecule has 80 valence electrons. The van der Waals surface area contributed by atoms with Crippen LogP contribution in [0.4, 0.5) is 0 Å². The molecule has 14 heavy (non-hydrogen) atoms. The normalized spacial score (nSPS) is 43.3. The Hall–Kier alpha value is -0.120. The summed E-state index contributed by atoms with van der Waals surface area (Å²) in [6, 6.07) is 2.24. The van der Waals surface area contributed by atoms with E-state index >= 15 is 0 Å². The summed E-state index contributed by atoms with van der Waals surface area (Å²) in [7, 11) is 0. The van der Waals surface area contributed by atoms with Gasteiger partial charge in [-0.1, -0.05) is 0 Å². The molecule has 0 aliphatic carbocycles. The highest BCUT2D eigenvalue weighted by atomic mass is 16.5. The van der Waals surface area contributed by atoms with Crippen LogP contribution in [-0.2, 0) is 4.74 Å². The van der Waals surface area contributed by atoms with Gasteiger partial charge in [-0.3, -0.25) is 4.90 Å². The van der Waals surface area contributed by atoms with Crippen molar-refractivity contribution in [3.05, 3.63) is 0 Å². The van der Waals surface area contributed by atoms with Crippen LogP contribution in [0.15, 0.2) is 0 Å². The molecule has 0 aromatic heterocycles. The quantitative estimate of drug-likeness (QED) is 0.700. The summed E-state index contributed by atoms with van der Waals surface area (Å²) < 4.78 is 5.40. The molecule has 3 aliphatic rings. The Morgan fingerprint density at radius 2 is 2.14 bits per heavy atom. The van der Waals surface area contributed by atoms with E-state index in [9.17, 15) is 0 Å². The Kier molecular flexibility index (Phi) is 2.48. The number of nitrogens with one attached hydrogen (secondary N) is 1. The van der Waals surface area contributed by atoms with Crippen LogP contribution in [0, 0.1) is 0 Å². The van der Waals surface area contributed by atoms with Crippen molar-refractivity contribution in [3.63, 3.8) is 0 Å². The highest BCUT2D eigenvalue weighted by Gasteiger charge is 2.38. The van der Waals surface area contributed by atoms with Crippen molar-refractivity contribution in [2.45, 2.75) is 43.8 Å². The third kappa shape index (κ3) is 1.58. The minimum absolute atomic E-state index is 0.639. The third-order valence-electron chi connectivity index (χ3n) is 3.99. The van der Waals surface area contributed by atoms with E-state index in [0.717, 1.165) is 25.3 Å². The first kappa shape index (κ1) is 9.13. The van der Waals surface area contributed by atoms with E-state index in [1.165, 1.54) is 38.8 Å². The van der Waals surface area contributed by atoms with Crippen molar-refractivity contribution in [1.29, 1.82) is 0 Å². The number of nitrogens with zero attached hydrogens (tertiary/aromatic N) is 1. The lowest BCUT2D eigenvalue weighted by Gasteiger charge is -2.24. The molecular weight excluding hydrogens is 176 g/mol. The molecule has 3 rings (SSSR count). The summed E-state index contributed by atoms with van der Waals surface area (Å²) in [6.07, 6.45) is 5.37. The largest absolute Gasteiger partial charge is 0.380 e. The third-order valence-corrected chi connectivity index (χ3v) is 3.99. The molecular formula is C11H20N2O. The molecule has 3 saturated heterocycles. The molecule has 0 bridgehead atoms. The Balaban J connectivity index is 1.57. The smallest absolute Gasteiger partial charge is 0.0620 e. The first-order chi connectivity index (χ1) is 6.93. The predicted molar refractivity (Wildman–Crippen MR) is 55.4 cm³/mol. The zero-order chi connectivity index (χ0) is 9.38. The summed E-state index contributed by atoms with van der Waals surface area (Å²) in [5.41, 5.74) is 0. The van der Waals surface area contributed by atoms with Gasteiger partial charge in [0.05, 0.1) is 6.61 Å². The van der Waals surface area contributed by atoms with Crippen LogP contribution in [0.1, 0.15) is 25.7 Å². The van der Waals surface area contributed by atoms with Crippen molar-refractivity contribution in [1.82, 2.24) is 10.2 Å². The van der Waals surface area contributed by atoms with Gasteiger partial charge < -0.3 is 10.1 Å². The zero-order valence-corrected chi connectivity index (χ0v) is 8.74. The standard InChI is InChI=1S/C11H20N2O/c1-2-11-10(3-6-13(11)5-1)12-9-4-7-14-8-9/h9-12H,1-8H2. The second-order valence-electron chi connectivity index (χ2n) is 4.87. The van der Waals surface area contributed by atoms with Crippen molar-refractivity contribution in [2.75, 3.05) is 26.3 Å². The maximum atomic E-state index is 5.40. The molecule has 0 saturated carbocycles. The van der Waals surface area contributed by atoms with Gasteiger partial charge in [-0.05, 0) is 32.2 Å². The average Bonchev–Trinajstić information content (AvgIpc) is 2.85. The minimum atomic E-state index is 0.639. The maximum absolute atomic E-state index is 5.40. The number of ether oxygens (including phenoxy) is 1. The van der Waals surface area contributed by atoms with Gasteiger partial charge >= 0.3 is 0 Å². The van der Waals surface area contributed by atoms with Crippen molar-refractivity contribution in [2.24, 2.45) is 0 Å². The molecule has 1 N–H and O–H groups in total. The molecule has 0 radical (unpaired) electrons. The lowest BCUT2D eigenvalue weighted by molar-refractivity contribution is 0.186. The Morgan fingerprint density at radius 3 is 3.00 bits per heavy atom. The van der Waals surface area contributed by atoms with E-state index in [0.29, 0.717) is 6.04 Å². The number of rotatable bonds is 2. The lowest BCUT2D eigenvalue weighted by atomic mass is 10.1. The molecule has 3 heteroatoms. The van der Waals surface area contributed by atoms with Gasteiger partial charge in [0.15, 0.2) is 0 Å². The molecule has 0 aromatic carbocycles.